The average Bonchev–Trinajstić information content (AvgIpc) is 2.60. The third-order valence-electron chi connectivity index (χ3n) is 4.63. The molecule has 0 saturated heterocycles. The molecule has 3 rings (SSSR count). The molecule has 2 aromatic carbocycles. The molecule has 0 spiro atoms. The second-order valence-electron chi connectivity index (χ2n) is 6.60. The molecule has 0 unspecified atom stereocenters. The molecular formula is C19H21Cl3N2O2S. The van der Waals surface area contributed by atoms with Crippen LogP contribution in [0.3, 0.4) is 0 Å². The molecule has 146 valence electrons. The number of unbranched alkanes of at least 4 members (excludes halogenated alkanes) is 1. The fourth-order valence-electron chi connectivity index (χ4n) is 3.27. The summed E-state index contributed by atoms with van der Waals surface area (Å²) in [6.45, 7) is 3.27. The Balaban J connectivity index is 1.47. The zero-order valence-electron chi connectivity index (χ0n) is 14.7. The van der Waals surface area contributed by atoms with Crippen molar-refractivity contribution in [2.24, 2.45) is 0 Å². The highest BCUT2D eigenvalue weighted by molar-refractivity contribution is 7.89. The summed E-state index contributed by atoms with van der Waals surface area (Å²) in [5.41, 5.74) is 2.81. The predicted octanol–water partition coefficient (Wildman–Crippen LogP) is 4.76. The SMILES string of the molecule is O=S(=O)(NCCCCN1CCc2ccccc2C1)c1c(Cl)cc(Cl)cc1Cl. The molecular weight excluding hydrogens is 427 g/mol. The second kappa shape index (κ2) is 9.12. The summed E-state index contributed by atoms with van der Waals surface area (Å²) in [7, 11) is -3.77. The van der Waals surface area contributed by atoms with Crippen LogP contribution in [0.5, 0.6) is 0 Å². The molecule has 0 radical (unpaired) electrons. The first-order valence-corrected chi connectivity index (χ1v) is 11.4. The van der Waals surface area contributed by atoms with Crippen molar-refractivity contribution in [3.63, 3.8) is 0 Å². The summed E-state index contributed by atoms with van der Waals surface area (Å²) in [5.74, 6) is 0. The van der Waals surface area contributed by atoms with Crippen LogP contribution in [-0.4, -0.2) is 33.0 Å². The molecule has 27 heavy (non-hydrogen) atoms. The zero-order chi connectivity index (χ0) is 19.4. The first-order valence-electron chi connectivity index (χ1n) is 8.80. The van der Waals surface area contributed by atoms with E-state index in [0.29, 0.717) is 11.6 Å². The largest absolute Gasteiger partial charge is 0.299 e. The van der Waals surface area contributed by atoms with Crippen LogP contribution in [0.25, 0.3) is 0 Å². The first-order chi connectivity index (χ1) is 12.9. The van der Waals surface area contributed by atoms with E-state index >= 15 is 0 Å². The van der Waals surface area contributed by atoms with Crippen molar-refractivity contribution >= 4 is 44.8 Å². The van der Waals surface area contributed by atoms with Crippen molar-refractivity contribution in [2.75, 3.05) is 19.6 Å². The van der Waals surface area contributed by atoms with Crippen LogP contribution in [-0.2, 0) is 23.0 Å². The second-order valence-corrected chi connectivity index (χ2v) is 9.55. The van der Waals surface area contributed by atoms with Gasteiger partial charge in [0.05, 0.1) is 10.0 Å². The molecule has 2 aromatic rings. The first kappa shape index (κ1) is 20.9. The van der Waals surface area contributed by atoms with Crippen molar-refractivity contribution in [1.29, 1.82) is 0 Å². The van der Waals surface area contributed by atoms with Crippen molar-refractivity contribution in [2.45, 2.75) is 30.7 Å². The standard InChI is InChI=1S/C19H21Cl3N2O2S/c20-16-11-17(21)19(18(22)12-16)27(25,26)23-8-3-4-9-24-10-7-14-5-1-2-6-15(14)13-24/h1-2,5-6,11-12,23H,3-4,7-10,13H2. The molecule has 4 nitrogen and oxygen atoms in total. The summed E-state index contributed by atoms with van der Waals surface area (Å²) in [6, 6.07) is 11.3. The number of nitrogens with one attached hydrogen (secondary N) is 1. The Hall–Kier alpha value is -0.820. The van der Waals surface area contributed by atoms with Gasteiger partial charge < -0.3 is 0 Å². The lowest BCUT2D eigenvalue weighted by Gasteiger charge is -2.28. The minimum absolute atomic E-state index is 0.0204. The Morgan fingerprint density at radius 1 is 1.00 bits per heavy atom. The van der Waals surface area contributed by atoms with Crippen molar-refractivity contribution in [3.8, 4) is 0 Å². The van der Waals surface area contributed by atoms with Gasteiger partial charge in [-0.3, -0.25) is 4.90 Å². The van der Waals surface area contributed by atoms with Gasteiger partial charge in [-0.25, -0.2) is 13.1 Å². The molecule has 0 bridgehead atoms. The molecule has 0 fully saturated rings. The van der Waals surface area contributed by atoms with Gasteiger partial charge in [-0.2, -0.15) is 0 Å². The number of hydrogen-bond donors (Lipinski definition) is 1. The lowest BCUT2D eigenvalue weighted by atomic mass is 10.00. The number of hydrogen-bond acceptors (Lipinski definition) is 3. The maximum atomic E-state index is 12.5. The van der Waals surface area contributed by atoms with E-state index in [1.54, 1.807) is 0 Å². The van der Waals surface area contributed by atoms with Crippen LogP contribution >= 0.6 is 34.8 Å². The van der Waals surface area contributed by atoms with Crippen LogP contribution in [0.2, 0.25) is 15.1 Å². The number of halogens is 3. The van der Waals surface area contributed by atoms with Gasteiger partial charge in [0.15, 0.2) is 0 Å². The lowest BCUT2D eigenvalue weighted by Crippen LogP contribution is -2.32. The predicted molar refractivity (Wildman–Crippen MR) is 111 cm³/mol. The van der Waals surface area contributed by atoms with E-state index in [9.17, 15) is 8.42 Å². The van der Waals surface area contributed by atoms with Crippen LogP contribution in [0, 0.1) is 0 Å². The van der Waals surface area contributed by atoms with Crippen LogP contribution < -0.4 is 4.72 Å². The maximum absolute atomic E-state index is 12.5. The normalized spacial score (nSPS) is 14.9. The summed E-state index contributed by atoms with van der Waals surface area (Å²) >= 11 is 17.8. The number of nitrogens with zero attached hydrogens (tertiary/aromatic N) is 1. The van der Waals surface area contributed by atoms with E-state index in [1.165, 1.54) is 23.3 Å². The quantitative estimate of drug-likeness (QED) is 0.622. The summed E-state index contributed by atoms with van der Waals surface area (Å²) in [6.07, 6.45) is 2.71. The van der Waals surface area contributed by atoms with Crippen LogP contribution in [0.15, 0.2) is 41.3 Å². The topological polar surface area (TPSA) is 49.4 Å². The van der Waals surface area contributed by atoms with E-state index < -0.39 is 10.0 Å². The molecule has 0 saturated carbocycles. The van der Waals surface area contributed by atoms with E-state index in [-0.39, 0.29) is 14.9 Å². The lowest BCUT2D eigenvalue weighted by molar-refractivity contribution is 0.249. The molecule has 0 aromatic heterocycles. The fraction of sp³-hybridized carbons (Fsp3) is 0.368. The highest BCUT2D eigenvalue weighted by Gasteiger charge is 2.22. The van der Waals surface area contributed by atoms with Crippen molar-refractivity contribution in [3.05, 3.63) is 62.6 Å². The van der Waals surface area contributed by atoms with Gasteiger partial charge >= 0.3 is 0 Å². The van der Waals surface area contributed by atoms with Gasteiger partial charge in [-0.05, 0) is 49.1 Å². The minimum Gasteiger partial charge on any atom is -0.299 e. The average molecular weight is 448 g/mol. The summed E-state index contributed by atoms with van der Waals surface area (Å²) < 4.78 is 27.5. The highest BCUT2D eigenvalue weighted by atomic mass is 35.5. The van der Waals surface area contributed by atoms with E-state index in [2.05, 4.69) is 33.9 Å². The Bertz CT molecular complexity index is 896. The smallest absolute Gasteiger partial charge is 0.243 e. The number of benzene rings is 2. The van der Waals surface area contributed by atoms with Gasteiger partial charge in [-0.15, -0.1) is 0 Å². The Morgan fingerprint density at radius 2 is 1.67 bits per heavy atom. The fourth-order valence-corrected chi connectivity index (χ4v) is 5.88. The van der Waals surface area contributed by atoms with Crippen LogP contribution in [0.1, 0.15) is 24.0 Å². The van der Waals surface area contributed by atoms with Gasteiger partial charge in [0.25, 0.3) is 0 Å². The summed E-state index contributed by atoms with van der Waals surface area (Å²) in [4.78, 5) is 2.28. The van der Waals surface area contributed by atoms with E-state index in [4.69, 9.17) is 34.8 Å². The molecule has 1 heterocycles. The third-order valence-corrected chi connectivity index (χ3v) is 7.23. The number of sulfonamides is 1. The van der Waals surface area contributed by atoms with Gasteiger partial charge in [0.2, 0.25) is 10.0 Å². The van der Waals surface area contributed by atoms with E-state index in [1.807, 2.05) is 0 Å². The van der Waals surface area contributed by atoms with Gasteiger partial charge in [0.1, 0.15) is 4.90 Å². The molecule has 0 atom stereocenters. The van der Waals surface area contributed by atoms with Gasteiger partial charge in [-0.1, -0.05) is 59.1 Å². The molecule has 1 aliphatic heterocycles. The van der Waals surface area contributed by atoms with Crippen LogP contribution in [0.4, 0.5) is 0 Å². The molecule has 1 aliphatic rings. The maximum Gasteiger partial charge on any atom is 0.243 e. The monoisotopic (exact) mass is 446 g/mol. The molecule has 8 heteroatoms. The van der Waals surface area contributed by atoms with Crippen molar-refractivity contribution < 1.29 is 8.42 Å². The molecule has 0 aliphatic carbocycles. The molecule has 0 amide bonds. The number of rotatable bonds is 7. The third kappa shape index (κ3) is 5.37. The Labute approximate surface area is 175 Å². The van der Waals surface area contributed by atoms with Crippen molar-refractivity contribution in [1.82, 2.24) is 9.62 Å². The number of fused-ring (bicyclic) bond motifs is 1. The van der Waals surface area contributed by atoms with E-state index in [0.717, 1.165) is 38.9 Å². The minimum atomic E-state index is -3.77. The Morgan fingerprint density at radius 3 is 2.37 bits per heavy atom. The van der Waals surface area contributed by atoms with Gasteiger partial charge in [0, 0.05) is 24.7 Å². The highest BCUT2D eigenvalue weighted by Crippen LogP contribution is 2.32. The molecule has 1 N–H and O–H groups in total. The zero-order valence-corrected chi connectivity index (χ0v) is 17.8. The summed E-state index contributed by atoms with van der Waals surface area (Å²) in [5, 5.41) is 0.339. The Kier molecular flexibility index (Phi) is 7.06.